The van der Waals surface area contributed by atoms with Gasteiger partial charge in [-0.15, -0.1) is 10.2 Å². The molecular weight excluding hydrogens is 328 g/mol. The Balaban J connectivity index is 1.68. The Kier molecular flexibility index (Phi) is 4.60. The number of ether oxygens (including phenoxy) is 1. The number of fused-ring (bicyclic) bond motifs is 2. The Morgan fingerprint density at radius 2 is 1.88 bits per heavy atom. The van der Waals surface area contributed by atoms with Gasteiger partial charge in [-0.25, -0.2) is 4.79 Å². The maximum Gasteiger partial charge on any atom is 0.410 e. The zero-order valence-corrected chi connectivity index (χ0v) is 15.5. The van der Waals surface area contributed by atoms with E-state index in [4.69, 9.17) is 16.3 Å². The van der Waals surface area contributed by atoms with Gasteiger partial charge in [0.2, 0.25) is 0 Å². The van der Waals surface area contributed by atoms with E-state index in [-0.39, 0.29) is 18.2 Å². The van der Waals surface area contributed by atoms with Crippen molar-refractivity contribution in [1.82, 2.24) is 15.1 Å². The van der Waals surface area contributed by atoms with Crippen LogP contribution in [0.15, 0.2) is 12.1 Å². The van der Waals surface area contributed by atoms with Gasteiger partial charge in [-0.05, 0) is 58.6 Å². The van der Waals surface area contributed by atoms with Crippen LogP contribution in [0.5, 0.6) is 0 Å². The van der Waals surface area contributed by atoms with Crippen molar-refractivity contribution in [2.75, 3.05) is 11.9 Å². The van der Waals surface area contributed by atoms with Crippen LogP contribution in [0.3, 0.4) is 0 Å². The molecule has 6 nitrogen and oxygen atoms in total. The Morgan fingerprint density at radius 3 is 2.38 bits per heavy atom. The van der Waals surface area contributed by atoms with Crippen LogP contribution in [-0.2, 0) is 4.74 Å². The van der Waals surface area contributed by atoms with Crippen LogP contribution in [0.4, 0.5) is 10.6 Å². The second-order valence-electron chi connectivity index (χ2n) is 7.72. The van der Waals surface area contributed by atoms with Crippen molar-refractivity contribution in [2.45, 2.75) is 70.2 Å². The van der Waals surface area contributed by atoms with Gasteiger partial charge in [0.1, 0.15) is 5.60 Å². The molecule has 2 bridgehead atoms. The molecule has 2 saturated heterocycles. The minimum Gasteiger partial charge on any atom is -0.444 e. The van der Waals surface area contributed by atoms with Gasteiger partial charge in [0.25, 0.3) is 0 Å². The Morgan fingerprint density at radius 1 is 1.25 bits per heavy atom. The molecule has 0 saturated carbocycles. The van der Waals surface area contributed by atoms with Crippen LogP contribution < -0.4 is 4.90 Å². The van der Waals surface area contributed by atoms with E-state index in [2.05, 4.69) is 15.1 Å². The van der Waals surface area contributed by atoms with Crippen LogP contribution >= 0.6 is 11.6 Å². The van der Waals surface area contributed by atoms with Gasteiger partial charge in [0.15, 0.2) is 11.0 Å². The topological polar surface area (TPSA) is 58.6 Å². The normalized spacial score (nSPS) is 26.4. The number of piperidine rings is 1. The summed E-state index contributed by atoms with van der Waals surface area (Å²) in [7, 11) is 2.03. The number of carbonyl (C=O) groups is 1. The van der Waals surface area contributed by atoms with Crippen molar-refractivity contribution >= 4 is 23.5 Å². The molecule has 3 rings (SSSR count). The highest BCUT2D eigenvalue weighted by molar-refractivity contribution is 6.29. The van der Waals surface area contributed by atoms with Crippen LogP contribution in [0.25, 0.3) is 0 Å². The first-order valence-corrected chi connectivity index (χ1v) is 8.86. The maximum atomic E-state index is 12.5. The van der Waals surface area contributed by atoms with Gasteiger partial charge in [-0.1, -0.05) is 11.6 Å². The zero-order chi connectivity index (χ0) is 17.5. The first-order valence-electron chi connectivity index (χ1n) is 8.48. The van der Waals surface area contributed by atoms with Crippen LogP contribution in [-0.4, -0.2) is 52.0 Å². The average molecular weight is 353 g/mol. The van der Waals surface area contributed by atoms with Gasteiger partial charge >= 0.3 is 6.09 Å². The third-order valence-electron chi connectivity index (χ3n) is 4.84. The lowest BCUT2D eigenvalue weighted by Gasteiger charge is -2.42. The van der Waals surface area contributed by atoms with Gasteiger partial charge in [0.05, 0.1) is 0 Å². The van der Waals surface area contributed by atoms with Crippen LogP contribution in [0.2, 0.25) is 5.15 Å². The summed E-state index contributed by atoms with van der Waals surface area (Å²) in [6.07, 6.45) is 3.76. The molecule has 2 aliphatic rings. The van der Waals surface area contributed by atoms with Crippen molar-refractivity contribution in [3.63, 3.8) is 0 Å². The number of hydrogen-bond donors (Lipinski definition) is 0. The average Bonchev–Trinajstić information content (AvgIpc) is 2.76. The lowest BCUT2D eigenvalue weighted by Crippen LogP contribution is -2.53. The summed E-state index contributed by atoms with van der Waals surface area (Å²) in [5, 5.41) is 8.48. The monoisotopic (exact) mass is 352 g/mol. The maximum absolute atomic E-state index is 12.5. The number of anilines is 1. The summed E-state index contributed by atoms with van der Waals surface area (Å²) in [5.74, 6) is 0.814. The highest BCUT2D eigenvalue weighted by atomic mass is 35.5. The summed E-state index contributed by atoms with van der Waals surface area (Å²) >= 11 is 5.81. The molecule has 0 aliphatic carbocycles. The number of nitrogens with zero attached hydrogens (tertiary/aromatic N) is 4. The molecule has 3 heterocycles. The van der Waals surface area contributed by atoms with E-state index in [1.54, 1.807) is 6.07 Å². The Hall–Kier alpha value is -1.56. The molecule has 24 heavy (non-hydrogen) atoms. The van der Waals surface area contributed by atoms with E-state index in [1.807, 2.05) is 38.8 Å². The fourth-order valence-corrected chi connectivity index (χ4v) is 3.86. The molecule has 0 unspecified atom stereocenters. The molecule has 2 fully saturated rings. The van der Waals surface area contributed by atoms with Crippen molar-refractivity contribution in [3.8, 4) is 0 Å². The molecule has 0 N–H and O–H groups in total. The summed E-state index contributed by atoms with van der Waals surface area (Å²) in [6, 6.07) is 4.47. The van der Waals surface area contributed by atoms with Gasteiger partial charge in [0, 0.05) is 25.2 Å². The van der Waals surface area contributed by atoms with Crippen molar-refractivity contribution < 1.29 is 9.53 Å². The second kappa shape index (κ2) is 6.39. The lowest BCUT2D eigenvalue weighted by atomic mass is 9.96. The molecule has 1 aromatic rings. The molecule has 7 heteroatoms. The lowest BCUT2D eigenvalue weighted by molar-refractivity contribution is 0.00597. The van der Waals surface area contributed by atoms with E-state index in [0.717, 1.165) is 31.5 Å². The molecular formula is C17H25ClN4O2. The SMILES string of the molecule is CN(c1ccc(Cl)nn1)[C@@H]1C[C@H]2CC[C@@H](C1)N2C(=O)OC(C)(C)C. The molecule has 0 spiro atoms. The number of halogens is 1. The summed E-state index contributed by atoms with van der Waals surface area (Å²) < 4.78 is 5.59. The van der Waals surface area contributed by atoms with Crippen molar-refractivity contribution in [1.29, 1.82) is 0 Å². The third-order valence-corrected chi connectivity index (χ3v) is 5.04. The van der Waals surface area contributed by atoms with Gasteiger partial charge < -0.3 is 14.5 Å². The fraction of sp³-hybridized carbons (Fsp3) is 0.706. The molecule has 0 radical (unpaired) electrons. The minimum atomic E-state index is -0.455. The number of rotatable bonds is 2. The number of carbonyl (C=O) groups excluding carboxylic acids is 1. The highest BCUT2D eigenvalue weighted by Gasteiger charge is 2.45. The molecule has 0 aromatic carbocycles. The highest BCUT2D eigenvalue weighted by Crippen LogP contribution is 2.39. The quantitative estimate of drug-likeness (QED) is 0.815. The first-order chi connectivity index (χ1) is 11.2. The third kappa shape index (κ3) is 3.58. The fourth-order valence-electron chi connectivity index (χ4n) is 3.76. The molecule has 1 aromatic heterocycles. The summed E-state index contributed by atoms with van der Waals surface area (Å²) in [6.45, 7) is 5.73. The minimum absolute atomic E-state index is 0.178. The van der Waals surface area contributed by atoms with Crippen molar-refractivity contribution in [3.05, 3.63) is 17.3 Å². The van der Waals surface area contributed by atoms with E-state index < -0.39 is 5.60 Å². The predicted octanol–water partition coefficient (Wildman–Crippen LogP) is 3.50. The van der Waals surface area contributed by atoms with E-state index in [9.17, 15) is 4.79 Å². The second-order valence-corrected chi connectivity index (χ2v) is 8.11. The number of hydrogen-bond acceptors (Lipinski definition) is 5. The molecule has 1 amide bonds. The van der Waals surface area contributed by atoms with Gasteiger partial charge in [-0.3, -0.25) is 0 Å². The van der Waals surface area contributed by atoms with E-state index in [1.165, 1.54) is 0 Å². The number of aromatic nitrogens is 2. The van der Waals surface area contributed by atoms with Crippen molar-refractivity contribution in [2.24, 2.45) is 0 Å². The first kappa shape index (κ1) is 17.3. The Labute approximate surface area is 148 Å². The molecule has 132 valence electrons. The van der Waals surface area contributed by atoms with Gasteiger partial charge in [-0.2, -0.15) is 0 Å². The van der Waals surface area contributed by atoms with Crippen LogP contribution in [0.1, 0.15) is 46.5 Å². The van der Waals surface area contributed by atoms with E-state index >= 15 is 0 Å². The zero-order valence-electron chi connectivity index (χ0n) is 14.7. The van der Waals surface area contributed by atoms with Crippen LogP contribution in [0, 0.1) is 0 Å². The van der Waals surface area contributed by atoms with E-state index in [0.29, 0.717) is 11.2 Å². The summed E-state index contributed by atoms with van der Waals surface area (Å²) in [5.41, 5.74) is -0.455. The number of amides is 1. The smallest absolute Gasteiger partial charge is 0.410 e. The predicted molar refractivity (Wildman–Crippen MR) is 93.4 cm³/mol. The summed E-state index contributed by atoms with van der Waals surface area (Å²) in [4.78, 5) is 16.6. The standard InChI is InChI=1S/C17H25ClN4O2/c1-17(2,3)24-16(23)22-11-5-6-12(22)10-13(9-11)21(4)15-8-7-14(18)19-20-15/h7-8,11-13H,5-6,9-10H2,1-4H3/t11-,12+,13-. The Bertz CT molecular complexity index is 588. The molecule has 3 atom stereocenters. The molecule has 2 aliphatic heterocycles. The largest absolute Gasteiger partial charge is 0.444 e.